The Morgan fingerprint density at radius 1 is 1.08 bits per heavy atom. The average Bonchev–Trinajstić information content (AvgIpc) is 3.02. The molecule has 2 aromatic carbocycles. The third kappa shape index (κ3) is 3.76. The molecule has 1 N–H and O–H groups in total. The van der Waals surface area contributed by atoms with Gasteiger partial charge in [0.1, 0.15) is 0 Å². The maximum absolute atomic E-state index is 12.2. The van der Waals surface area contributed by atoms with Gasteiger partial charge in [-0.15, -0.1) is 0 Å². The number of sulfonamides is 1. The number of nitrogens with zero attached hydrogens (tertiary/aromatic N) is 2. The van der Waals surface area contributed by atoms with Gasteiger partial charge < -0.3 is 4.52 Å². The summed E-state index contributed by atoms with van der Waals surface area (Å²) >= 11 is 11.9. The van der Waals surface area contributed by atoms with E-state index in [1.54, 1.807) is 36.4 Å². The highest BCUT2D eigenvalue weighted by molar-refractivity contribution is 7.89. The number of aromatic nitrogens is 2. The fourth-order valence-corrected chi connectivity index (χ4v) is 3.45. The summed E-state index contributed by atoms with van der Waals surface area (Å²) in [6.07, 6.45) is 0. The number of nitrogens with one attached hydrogen (secondary N) is 1. The quantitative estimate of drug-likeness (QED) is 0.728. The maximum Gasteiger partial charge on any atom is 0.242 e. The van der Waals surface area contributed by atoms with E-state index in [1.165, 1.54) is 12.1 Å². The van der Waals surface area contributed by atoms with Crippen LogP contribution in [-0.4, -0.2) is 18.6 Å². The molecule has 0 aliphatic rings. The minimum atomic E-state index is -3.73. The molecule has 3 aromatic rings. The first-order chi connectivity index (χ1) is 11.5. The average molecular weight is 384 g/mol. The van der Waals surface area contributed by atoms with Gasteiger partial charge in [0.15, 0.2) is 0 Å². The molecule has 0 spiro atoms. The summed E-state index contributed by atoms with van der Waals surface area (Å²) in [4.78, 5) is 4.20. The highest BCUT2D eigenvalue weighted by atomic mass is 35.5. The molecule has 0 aliphatic heterocycles. The molecule has 0 aliphatic carbocycles. The van der Waals surface area contributed by atoms with Crippen LogP contribution in [0.15, 0.2) is 57.9 Å². The lowest BCUT2D eigenvalue weighted by Crippen LogP contribution is -2.23. The zero-order valence-corrected chi connectivity index (χ0v) is 14.4. The molecule has 0 amide bonds. The van der Waals surface area contributed by atoms with Crippen molar-refractivity contribution in [2.75, 3.05) is 0 Å². The van der Waals surface area contributed by atoms with E-state index in [2.05, 4.69) is 14.9 Å². The normalized spacial score (nSPS) is 11.6. The van der Waals surface area contributed by atoms with Gasteiger partial charge in [-0.3, -0.25) is 0 Å². The Labute approximate surface area is 148 Å². The van der Waals surface area contributed by atoms with Gasteiger partial charge in [-0.05, 0) is 30.3 Å². The molecule has 124 valence electrons. The van der Waals surface area contributed by atoms with E-state index < -0.39 is 10.0 Å². The lowest BCUT2D eigenvalue weighted by molar-refractivity contribution is 0.376. The van der Waals surface area contributed by atoms with Gasteiger partial charge in [0, 0.05) is 10.6 Å². The highest BCUT2D eigenvalue weighted by Crippen LogP contribution is 2.25. The highest BCUT2D eigenvalue weighted by Gasteiger charge is 2.17. The van der Waals surface area contributed by atoms with Crippen LogP contribution in [0.4, 0.5) is 0 Å². The first-order valence-corrected chi connectivity index (χ1v) is 9.02. The second kappa shape index (κ2) is 6.90. The van der Waals surface area contributed by atoms with Crippen molar-refractivity contribution < 1.29 is 12.9 Å². The van der Waals surface area contributed by atoms with Crippen molar-refractivity contribution in [1.29, 1.82) is 0 Å². The van der Waals surface area contributed by atoms with Crippen LogP contribution in [0.25, 0.3) is 11.4 Å². The van der Waals surface area contributed by atoms with E-state index in [0.717, 1.165) is 0 Å². The van der Waals surface area contributed by atoms with Gasteiger partial charge in [0.05, 0.1) is 16.5 Å². The summed E-state index contributed by atoms with van der Waals surface area (Å²) in [5.74, 6) is 0.410. The standard InChI is InChI=1S/C15H11Cl2N3O3S/c16-10-4-3-5-11(8-10)24(21,22)18-9-14-19-15(20-23-14)12-6-1-2-7-13(12)17/h1-8,18H,9H2. The Kier molecular flexibility index (Phi) is 4.86. The van der Waals surface area contributed by atoms with E-state index in [9.17, 15) is 8.42 Å². The SMILES string of the molecule is O=S(=O)(NCc1nc(-c2ccccc2Cl)no1)c1cccc(Cl)c1. The third-order valence-electron chi connectivity index (χ3n) is 3.10. The molecule has 3 rings (SSSR count). The second-order valence-electron chi connectivity index (χ2n) is 4.77. The van der Waals surface area contributed by atoms with Gasteiger partial charge in [0.25, 0.3) is 0 Å². The first-order valence-electron chi connectivity index (χ1n) is 6.78. The number of rotatable bonds is 5. The van der Waals surface area contributed by atoms with Crippen molar-refractivity contribution in [3.05, 3.63) is 64.5 Å². The van der Waals surface area contributed by atoms with Crippen molar-refractivity contribution >= 4 is 33.2 Å². The summed E-state index contributed by atoms with van der Waals surface area (Å²) in [6.45, 7) is -0.147. The summed E-state index contributed by atoms with van der Waals surface area (Å²) in [5.41, 5.74) is 0.604. The summed E-state index contributed by atoms with van der Waals surface area (Å²) < 4.78 is 31.9. The van der Waals surface area contributed by atoms with Crippen LogP contribution in [0.3, 0.4) is 0 Å². The first kappa shape index (κ1) is 16.9. The smallest absolute Gasteiger partial charge is 0.242 e. The van der Waals surface area contributed by atoms with Gasteiger partial charge in [0.2, 0.25) is 21.7 Å². The van der Waals surface area contributed by atoms with Crippen molar-refractivity contribution in [3.63, 3.8) is 0 Å². The predicted octanol–water partition coefficient (Wildman–Crippen LogP) is 3.52. The molecule has 1 aromatic heterocycles. The van der Waals surface area contributed by atoms with Gasteiger partial charge >= 0.3 is 0 Å². The molecule has 0 radical (unpaired) electrons. The zero-order chi connectivity index (χ0) is 17.2. The fraction of sp³-hybridized carbons (Fsp3) is 0.0667. The van der Waals surface area contributed by atoms with Crippen molar-refractivity contribution in [3.8, 4) is 11.4 Å². The molecule has 0 bridgehead atoms. The zero-order valence-electron chi connectivity index (χ0n) is 12.1. The lowest BCUT2D eigenvalue weighted by atomic mass is 10.2. The lowest BCUT2D eigenvalue weighted by Gasteiger charge is -2.04. The number of hydrogen-bond donors (Lipinski definition) is 1. The number of halogens is 2. The Hall–Kier alpha value is -1.93. The Balaban J connectivity index is 1.75. The summed E-state index contributed by atoms with van der Waals surface area (Å²) in [6, 6.07) is 13.0. The topological polar surface area (TPSA) is 85.1 Å². The molecule has 9 heteroatoms. The molecule has 24 heavy (non-hydrogen) atoms. The molecule has 1 heterocycles. The van der Waals surface area contributed by atoms with E-state index in [-0.39, 0.29) is 23.2 Å². The minimum Gasteiger partial charge on any atom is -0.338 e. The van der Waals surface area contributed by atoms with Crippen LogP contribution in [0.5, 0.6) is 0 Å². The van der Waals surface area contributed by atoms with E-state index in [1.807, 2.05) is 0 Å². The second-order valence-corrected chi connectivity index (χ2v) is 7.38. The minimum absolute atomic E-state index is 0.0563. The monoisotopic (exact) mass is 383 g/mol. The predicted molar refractivity (Wildman–Crippen MR) is 90.2 cm³/mol. The van der Waals surface area contributed by atoms with Gasteiger partial charge in [-0.2, -0.15) is 4.98 Å². The number of benzene rings is 2. The Bertz CT molecular complexity index is 973. The van der Waals surface area contributed by atoms with Crippen LogP contribution in [0.1, 0.15) is 5.89 Å². The molecule has 0 atom stereocenters. The van der Waals surface area contributed by atoms with Crippen LogP contribution in [0, 0.1) is 0 Å². The van der Waals surface area contributed by atoms with Crippen molar-refractivity contribution in [1.82, 2.24) is 14.9 Å². The third-order valence-corrected chi connectivity index (χ3v) is 5.07. The Morgan fingerprint density at radius 2 is 1.88 bits per heavy atom. The van der Waals surface area contributed by atoms with Gasteiger partial charge in [-0.25, -0.2) is 13.1 Å². The molecular formula is C15H11Cl2N3O3S. The number of hydrogen-bond acceptors (Lipinski definition) is 5. The molecular weight excluding hydrogens is 373 g/mol. The molecule has 0 fully saturated rings. The molecule has 6 nitrogen and oxygen atoms in total. The van der Waals surface area contributed by atoms with E-state index >= 15 is 0 Å². The van der Waals surface area contributed by atoms with Gasteiger partial charge in [-0.1, -0.05) is 46.6 Å². The summed E-state index contributed by atoms with van der Waals surface area (Å²) in [7, 11) is -3.73. The van der Waals surface area contributed by atoms with E-state index in [4.69, 9.17) is 27.7 Å². The van der Waals surface area contributed by atoms with E-state index in [0.29, 0.717) is 15.6 Å². The maximum atomic E-state index is 12.2. The Morgan fingerprint density at radius 3 is 2.62 bits per heavy atom. The van der Waals surface area contributed by atoms with Crippen molar-refractivity contribution in [2.24, 2.45) is 0 Å². The van der Waals surface area contributed by atoms with Crippen molar-refractivity contribution in [2.45, 2.75) is 11.4 Å². The largest absolute Gasteiger partial charge is 0.338 e. The van der Waals surface area contributed by atoms with Crippen LogP contribution in [-0.2, 0) is 16.6 Å². The molecule has 0 saturated heterocycles. The van der Waals surface area contributed by atoms with Crippen LogP contribution >= 0.6 is 23.2 Å². The molecule has 0 saturated carbocycles. The van der Waals surface area contributed by atoms with Crippen LogP contribution < -0.4 is 4.72 Å². The summed E-state index contributed by atoms with van der Waals surface area (Å²) in [5, 5.41) is 4.61. The molecule has 0 unspecified atom stereocenters. The van der Waals surface area contributed by atoms with Crippen LogP contribution in [0.2, 0.25) is 10.0 Å². The fourth-order valence-electron chi connectivity index (χ4n) is 1.95.